The van der Waals surface area contributed by atoms with E-state index in [-0.39, 0.29) is 5.91 Å². The molecular weight excluding hydrogens is 408 g/mol. The van der Waals surface area contributed by atoms with E-state index < -0.39 is 0 Å². The number of piperidine rings is 1. The number of nitrogens with one attached hydrogen (secondary N) is 3. The smallest absolute Gasteiger partial charge is 0.263 e. The highest BCUT2D eigenvalue weighted by atomic mass is 32.1. The zero-order valence-corrected chi connectivity index (χ0v) is 19.4. The maximum atomic E-state index is 12.1. The van der Waals surface area contributed by atoms with Gasteiger partial charge in [0.15, 0.2) is 5.96 Å². The number of aromatic nitrogens is 1. The van der Waals surface area contributed by atoms with Gasteiger partial charge in [-0.05, 0) is 50.9 Å². The lowest BCUT2D eigenvalue weighted by Gasteiger charge is -2.26. The Kier molecular flexibility index (Phi) is 9.30. The van der Waals surface area contributed by atoms with Gasteiger partial charge in [0.2, 0.25) is 0 Å². The van der Waals surface area contributed by atoms with Crippen molar-refractivity contribution in [3.63, 3.8) is 0 Å². The second-order valence-electron chi connectivity index (χ2n) is 7.80. The molecule has 0 aliphatic carbocycles. The van der Waals surface area contributed by atoms with Gasteiger partial charge < -0.3 is 16.0 Å². The molecule has 1 aromatic carbocycles. The molecule has 0 spiro atoms. The maximum absolute atomic E-state index is 12.1. The van der Waals surface area contributed by atoms with Gasteiger partial charge in [-0.2, -0.15) is 0 Å². The molecule has 1 aliphatic rings. The minimum Gasteiger partial charge on any atom is -0.357 e. The molecule has 0 atom stereocenters. The van der Waals surface area contributed by atoms with E-state index >= 15 is 0 Å². The lowest BCUT2D eigenvalue weighted by molar-refractivity contribution is 0.0957. The lowest BCUT2D eigenvalue weighted by Crippen LogP contribution is -2.41. The third-order valence-corrected chi connectivity index (χ3v) is 6.22. The molecule has 2 heterocycles. The van der Waals surface area contributed by atoms with Crippen molar-refractivity contribution in [2.75, 3.05) is 32.7 Å². The summed E-state index contributed by atoms with van der Waals surface area (Å²) < 4.78 is 0. The molecule has 1 aromatic heterocycles. The number of carbonyl (C=O) groups is 1. The zero-order valence-electron chi connectivity index (χ0n) is 18.6. The van der Waals surface area contributed by atoms with E-state index in [0.717, 1.165) is 24.7 Å². The van der Waals surface area contributed by atoms with Crippen LogP contribution in [-0.2, 0) is 13.1 Å². The largest absolute Gasteiger partial charge is 0.357 e. The number of nitrogens with zero attached hydrogens (tertiary/aromatic N) is 3. The summed E-state index contributed by atoms with van der Waals surface area (Å²) >= 11 is 1.36. The number of rotatable bonds is 9. The average molecular weight is 443 g/mol. The van der Waals surface area contributed by atoms with E-state index in [9.17, 15) is 4.79 Å². The second-order valence-corrected chi connectivity index (χ2v) is 8.65. The summed E-state index contributed by atoms with van der Waals surface area (Å²) in [6, 6.07) is 8.78. The first-order valence-corrected chi connectivity index (χ1v) is 12.0. The number of guanidine groups is 1. The first kappa shape index (κ1) is 23.2. The van der Waals surface area contributed by atoms with Gasteiger partial charge in [0.1, 0.15) is 4.88 Å². The zero-order chi connectivity index (χ0) is 21.9. The van der Waals surface area contributed by atoms with Gasteiger partial charge in [0.25, 0.3) is 5.91 Å². The summed E-state index contributed by atoms with van der Waals surface area (Å²) in [6.45, 7) is 9.89. The molecule has 3 rings (SSSR count). The van der Waals surface area contributed by atoms with Crippen molar-refractivity contribution < 1.29 is 4.79 Å². The SMILES string of the molecule is CCNC(=NCc1ccc(CN2CCCCC2)cc1)NCCNC(=O)c1scnc1C. The van der Waals surface area contributed by atoms with E-state index in [1.807, 2.05) is 13.8 Å². The Morgan fingerprint density at radius 2 is 1.77 bits per heavy atom. The number of thiazole rings is 1. The number of hydrogen-bond acceptors (Lipinski definition) is 5. The predicted octanol–water partition coefficient (Wildman–Crippen LogP) is 2.92. The molecule has 0 bridgehead atoms. The molecule has 7 nitrogen and oxygen atoms in total. The third-order valence-electron chi connectivity index (χ3n) is 5.30. The lowest BCUT2D eigenvalue weighted by atomic mass is 10.1. The van der Waals surface area contributed by atoms with Crippen LogP contribution in [0.2, 0.25) is 0 Å². The van der Waals surface area contributed by atoms with Gasteiger partial charge in [-0.1, -0.05) is 30.7 Å². The van der Waals surface area contributed by atoms with Crippen LogP contribution in [0.1, 0.15) is 52.7 Å². The minimum atomic E-state index is -0.0756. The van der Waals surface area contributed by atoms with Crippen molar-refractivity contribution in [1.29, 1.82) is 0 Å². The summed E-state index contributed by atoms with van der Waals surface area (Å²) in [5, 5.41) is 9.45. The van der Waals surface area contributed by atoms with Crippen LogP contribution >= 0.6 is 11.3 Å². The van der Waals surface area contributed by atoms with Crippen LogP contribution in [0.5, 0.6) is 0 Å². The molecule has 8 heteroatoms. The van der Waals surface area contributed by atoms with Crippen LogP contribution in [0.25, 0.3) is 0 Å². The molecule has 31 heavy (non-hydrogen) atoms. The number of benzene rings is 1. The number of carbonyl (C=O) groups excluding carboxylic acids is 1. The molecule has 1 fully saturated rings. The molecule has 0 radical (unpaired) electrons. The number of aliphatic imine (C=N–C) groups is 1. The molecular formula is C23H34N6OS. The molecule has 1 amide bonds. The molecule has 0 unspecified atom stereocenters. The van der Waals surface area contributed by atoms with Crippen LogP contribution in [-0.4, -0.2) is 54.5 Å². The monoisotopic (exact) mass is 442 g/mol. The van der Waals surface area contributed by atoms with E-state index in [0.29, 0.717) is 24.5 Å². The first-order valence-electron chi connectivity index (χ1n) is 11.2. The van der Waals surface area contributed by atoms with E-state index in [1.54, 1.807) is 5.51 Å². The number of likely N-dealkylation sites (tertiary alicyclic amines) is 1. The van der Waals surface area contributed by atoms with Crippen molar-refractivity contribution in [2.45, 2.75) is 46.2 Å². The Hall–Kier alpha value is -2.45. The highest BCUT2D eigenvalue weighted by Crippen LogP contribution is 2.14. The van der Waals surface area contributed by atoms with Gasteiger partial charge in [0.05, 0.1) is 17.7 Å². The van der Waals surface area contributed by atoms with Crippen LogP contribution in [0.15, 0.2) is 34.8 Å². The summed E-state index contributed by atoms with van der Waals surface area (Å²) in [5.41, 5.74) is 5.02. The van der Waals surface area contributed by atoms with Gasteiger partial charge in [-0.25, -0.2) is 9.98 Å². The number of aryl methyl sites for hydroxylation is 1. The van der Waals surface area contributed by atoms with E-state index in [4.69, 9.17) is 0 Å². The standard InChI is InChI=1S/C23H34N6OS/c1-3-24-23(26-12-11-25-22(30)21-18(2)28-17-31-21)27-15-19-7-9-20(10-8-19)16-29-13-5-4-6-14-29/h7-10,17H,3-6,11-16H2,1-2H3,(H,25,30)(H2,24,26,27). The summed E-state index contributed by atoms with van der Waals surface area (Å²) in [6.07, 6.45) is 4.01. The van der Waals surface area contributed by atoms with Crippen LogP contribution in [0.4, 0.5) is 0 Å². The quantitative estimate of drug-likeness (QED) is 0.316. The van der Waals surface area contributed by atoms with Crippen LogP contribution < -0.4 is 16.0 Å². The third kappa shape index (κ3) is 7.63. The van der Waals surface area contributed by atoms with Crippen molar-refractivity contribution in [1.82, 2.24) is 25.8 Å². The number of amides is 1. The first-order chi connectivity index (χ1) is 15.2. The molecule has 0 saturated carbocycles. The summed E-state index contributed by atoms with van der Waals surface area (Å²) in [4.78, 5) is 24.1. The predicted molar refractivity (Wildman–Crippen MR) is 128 cm³/mol. The molecule has 3 N–H and O–H groups in total. The Bertz CT molecular complexity index is 842. The second kappa shape index (κ2) is 12.4. The molecule has 2 aromatic rings. The Labute approximate surface area is 189 Å². The van der Waals surface area contributed by atoms with Crippen molar-refractivity contribution in [3.05, 3.63) is 51.5 Å². The van der Waals surface area contributed by atoms with Crippen molar-refractivity contribution in [2.24, 2.45) is 4.99 Å². The Morgan fingerprint density at radius 1 is 1.06 bits per heavy atom. The van der Waals surface area contributed by atoms with Crippen LogP contribution in [0.3, 0.4) is 0 Å². The van der Waals surface area contributed by atoms with Crippen molar-refractivity contribution >= 4 is 23.2 Å². The topological polar surface area (TPSA) is 81.7 Å². The molecule has 1 aliphatic heterocycles. The number of hydrogen-bond donors (Lipinski definition) is 3. The van der Waals surface area contributed by atoms with Gasteiger partial charge in [0, 0.05) is 26.2 Å². The highest BCUT2D eigenvalue weighted by Gasteiger charge is 2.11. The minimum absolute atomic E-state index is 0.0756. The summed E-state index contributed by atoms with van der Waals surface area (Å²) in [7, 11) is 0. The van der Waals surface area contributed by atoms with Crippen LogP contribution in [0, 0.1) is 6.92 Å². The fourth-order valence-corrected chi connectivity index (χ4v) is 4.31. The van der Waals surface area contributed by atoms with E-state index in [2.05, 4.69) is 55.1 Å². The fourth-order valence-electron chi connectivity index (χ4n) is 3.59. The normalized spacial score (nSPS) is 15.0. The fraction of sp³-hybridized carbons (Fsp3) is 0.522. The Morgan fingerprint density at radius 3 is 2.45 bits per heavy atom. The van der Waals surface area contributed by atoms with Gasteiger partial charge in [-0.3, -0.25) is 9.69 Å². The van der Waals surface area contributed by atoms with Crippen molar-refractivity contribution in [3.8, 4) is 0 Å². The summed E-state index contributed by atoms with van der Waals surface area (Å²) in [5.74, 6) is 0.677. The highest BCUT2D eigenvalue weighted by molar-refractivity contribution is 7.11. The molecule has 168 valence electrons. The molecule has 1 saturated heterocycles. The maximum Gasteiger partial charge on any atom is 0.263 e. The Balaban J connectivity index is 1.43. The van der Waals surface area contributed by atoms with Gasteiger partial charge in [-0.15, -0.1) is 11.3 Å². The van der Waals surface area contributed by atoms with Gasteiger partial charge >= 0.3 is 0 Å². The average Bonchev–Trinajstić information content (AvgIpc) is 3.22. The van der Waals surface area contributed by atoms with E-state index in [1.165, 1.54) is 54.8 Å².